The fourth-order valence-corrected chi connectivity index (χ4v) is 2.78. The molecule has 3 N–H and O–H groups in total. The minimum absolute atomic E-state index is 0.149. The van der Waals surface area contributed by atoms with Crippen LogP contribution in [0.4, 0.5) is 19.0 Å². The van der Waals surface area contributed by atoms with Crippen LogP contribution in [-0.2, 0) is 6.61 Å². The largest absolute Gasteiger partial charge is 0.573 e. The Labute approximate surface area is 161 Å². The summed E-state index contributed by atoms with van der Waals surface area (Å²) in [6, 6.07) is 5.81. The van der Waals surface area contributed by atoms with Crippen molar-refractivity contribution in [3.05, 3.63) is 48.0 Å². The van der Waals surface area contributed by atoms with Crippen molar-refractivity contribution < 1.29 is 22.6 Å². The molecule has 0 aliphatic carbocycles. The van der Waals surface area contributed by atoms with E-state index in [1.54, 1.807) is 30.0 Å². The first-order valence-electron chi connectivity index (χ1n) is 8.29. The molecule has 0 amide bonds. The molecule has 29 heavy (non-hydrogen) atoms. The van der Waals surface area contributed by atoms with E-state index in [0.29, 0.717) is 22.7 Å². The second-order valence-corrected chi connectivity index (χ2v) is 6.03. The molecule has 0 spiro atoms. The van der Waals surface area contributed by atoms with E-state index in [9.17, 15) is 13.2 Å². The zero-order valence-electron chi connectivity index (χ0n) is 14.9. The number of nitrogens with zero attached hydrogens (tertiary/aromatic N) is 5. The Morgan fingerprint density at radius 2 is 2.03 bits per heavy atom. The minimum atomic E-state index is -4.86. The van der Waals surface area contributed by atoms with Crippen molar-refractivity contribution in [2.45, 2.75) is 19.9 Å². The number of halogens is 3. The number of nitrogen functional groups attached to an aromatic ring is 1. The predicted octanol–water partition coefficient (Wildman–Crippen LogP) is 2.91. The SMILES string of the molecule is Cc1nccn1-c1ccc(COc2cc(N)nc3[nH]nnc23)c(OC(F)(F)F)c1. The van der Waals surface area contributed by atoms with Gasteiger partial charge in [-0.3, -0.25) is 0 Å². The zero-order chi connectivity index (χ0) is 20.6. The Kier molecular flexibility index (Phi) is 4.45. The molecule has 0 saturated heterocycles. The number of imidazole rings is 1. The maximum atomic E-state index is 12.9. The Morgan fingerprint density at radius 1 is 1.21 bits per heavy atom. The van der Waals surface area contributed by atoms with E-state index in [1.165, 1.54) is 18.2 Å². The van der Waals surface area contributed by atoms with Crippen molar-refractivity contribution in [2.24, 2.45) is 0 Å². The van der Waals surface area contributed by atoms with E-state index >= 15 is 0 Å². The average Bonchev–Trinajstić information content (AvgIpc) is 3.27. The number of alkyl halides is 3. The molecule has 3 aromatic heterocycles. The van der Waals surface area contributed by atoms with Crippen molar-refractivity contribution in [1.29, 1.82) is 0 Å². The van der Waals surface area contributed by atoms with Crippen molar-refractivity contribution >= 4 is 17.0 Å². The topological polar surface area (TPSA) is 117 Å². The monoisotopic (exact) mass is 405 g/mol. The lowest BCUT2D eigenvalue weighted by molar-refractivity contribution is -0.275. The van der Waals surface area contributed by atoms with Crippen LogP contribution in [0.15, 0.2) is 36.7 Å². The number of aryl methyl sites for hydroxylation is 1. The summed E-state index contributed by atoms with van der Waals surface area (Å²) in [5, 5.41) is 10.0. The van der Waals surface area contributed by atoms with Crippen LogP contribution in [0.3, 0.4) is 0 Å². The third kappa shape index (κ3) is 3.90. The van der Waals surface area contributed by atoms with Crippen LogP contribution in [0.5, 0.6) is 11.5 Å². The number of hydrogen-bond donors (Lipinski definition) is 2. The number of hydrogen-bond acceptors (Lipinski definition) is 7. The summed E-state index contributed by atoms with van der Waals surface area (Å²) in [6.07, 6.45) is -1.68. The molecule has 9 nitrogen and oxygen atoms in total. The summed E-state index contributed by atoms with van der Waals surface area (Å²) < 4.78 is 50.3. The molecule has 0 radical (unpaired) electrons. The lowest BCUT2D eigenvalue weighted by Gasteiger charge is -2.16. The summed E-state index contributed by atoms with van der Waals surface area (Å²) in [5.41, 5.74) is 6.96. The first-order chi connectivity index (χ1) is 13.8. The zero-order valence-corrected chi connectivity index (χ0v) is 14.9. The van der Waals surface area contributed by atoms with Crippen LogP contribution >= 0.6 is 0 Å². The number of pyridine rings is 1. The second kappa shape index (κ2) is 6.96. The van der Waals surface area contributed by atoms with Gasteiger partial charge in [0.05, 0.1) is 5.69 Å². The van der Waals surface area contributed by atoms with Gasteiger partial charge in [0, 0.05) is 30.1 Å². The summed E-state index contributed by atoms with van der Waals surface area (Å²) in [6.45, 7) is 1.51. The molecule has 0 unspecified atom stereocenters. The molecule has 0 bridgehead atoms. The fourth-order valence-electron chi connectivity index (χ4n) is 2.78. The Hall–Kier alpha value is -3.83. The molecule has 0 atom stereocenters. The molecule has 0 saturated carbocycles. The van der Waals surface area contributed by atoms with Crippen LogP contribution in [0.25, 0.3) is 16.9 Å². The molecular formula is C17H14F3N7O2. The van der Waals surface area contributed by atoms with E-state index < -0.39 is 6.36 Å². The van der Waals surface area contributed by atoms with Crippen LogP contribution < -0.4 is 15.2 Å². The molecule has 12 heteroatoms. The van der Waals surface area contributed by atoms with Gasteiger partial charge in [-0.05, 0) is 19.1 Å². The third-order valence-corrected chi connectivity index (χ3v) is 4.05. The maximum absolute atomic E-state index is 12.9. The molecular weight excluding hydrogens is 391 g/mol. The molecule has 0 fully saturated rings. The molecule has 150 valence electrons. The van der Waals surface area contributed by atoms with E-state index in [0.717, 1.165) is 0 Å². The summed E-state index contributed by atoms with van der Waals surface area (Å²) >= 11 is 0. The summed E-state index contributed by atoms with van der Waals surface area (Å²) in [5.74, 6) is 0.610. The lowest BCUT2D eigenvalue weighted by atomic mass is 10.2. The number of benzene rings is 1. The molecule has 4 aromatic rings. The first-order valence-corrected chi connectivity index (χ1v) is 8.29. The first kappa shape index (κ1) is 18.5. The van der Waals surface area contributed by atoms with Gasteiger partial charge in [0.2, 0.25) is 0 Å². The van der Waals surface area contributed by atoms with Crippen molar-refractivity contribution in [3.63, 3.8) is 0 Å². The van der Waals surface area contributed by atoms with Gasteiger partial charge >= 0.3 is 6.36 Å². The van der Waals surface area contributed by atoms with Crippen LogP contribution in [0.1, 0.15) is 11.4 Å². The minimum Gasteiger partial charge on any atom is -0.486 e. The van der Waals surface area contributed by atoms with E-state index in [-0.39, 0.29) is 29.5 Å². The Morgan fingerprint density at radius 3 is 2.76 bits per heavy atom. The predicted molar refractivity (Wildman–Crippen MR) is 95.4 cm³/mol. The highest BCUT2D eigenvalue weighted by molar-refractivity contribution is 5.78. The number of nitrogens with two attached hydrogens (primary N) is 1. The molecule has 4 rings (SSSR count). The van der Waals surface area contributed by atoms with E-state index in [1.807, 2.05) is 0 Å². The van der Waals surface area contributed by atoms with Crippen LogP contribution in [0.2, 0.25) is 0 Å². The van der Waals surface area contributed by atoms with Gasteiger partial charge in [-0.25, -0.2) is 15.1 Å². The number of aromatic amines is 1. The van der Waals surface area contributed by atoms with Crippen LogP contribution in [0, 0.1) is 6.92 Å². The fraction of sp³-hybridized carbons (Fsp3) is 0.176. The number of ether oxygens (including phenoxy) is 2. The van der Waals surface area contributed by atoms with E-state index in [2.05, 4.69) is 30.1 Å². The molecule has 0 aliphatic heterocycles. The van der Waals surface area contributed by atoms with Crippen LogP contribution in [-0.4, -0.2) is 36.3 Å². The van der Waals surface area contributed by atoms with Gasteiger partial charge < -0.3 is 19.8 Å². The lowest BCUT2D eigenvalue weighted by Crippen LogP contribution is -2.18. The quantitative estimate of drug-likeness (QED) is 0.524. The van der Waals surface area contributed by atoms with Gasteiger partial charge in [0.1, 0.15) is 24.0 Å². The summed E-state index contributed by atoms with van der Waals surface area (Å²) in [7, 11) is 0. The maximum Gasteiger partial charge on any atom is 0.573 e. The number of anilines is 1. The summed E-state index contributed by atoms with van der Waals surface area (Å²) in [4.78, 5) is 8.07. The highest BCUT2D eigenvalue weighted by Crippen LogP contribution is 2.31. The molecule has 0 aliphatic rings. The standard InChI is InChI=1S/C17H14F3N7O2/c1-9-22-4-5-27(9)11-3-2-10(12(6-11)29-17(18,19)20)8-28-13-7-14(21)23-16-15(13)24-26-25-16/h2-7H,8H2,1H3,(H3,21,23,24,25,26). The number of nitrogens with one attached hydrogen (secondary N) is 1. The van der Waals surface area contributed by atoms with Gasteiger partial charge in [0.15, 0.2) is 16.9 Å². The average molecular weight is 405 g/mol. The van der Waals surface area contributed by atoms with Gasteiger partial charge in [-0.1, -0.05) is 5.21 Å². The second-order valence-electron chi connectivity index (χ2n) is 6.03. The highest BCUT2D eigenvalue weighted by Gasteiger charge is 2.32. The molecule has 3 heterocycles. The Bertz CT molecular complexity index is 1170. The van der Waals surface area contributed by atoms with E-state index in [4.69, 9.17) is 10.5 Å². The van der Waals surface area contributed by atoms with Crippen molar-refractivity contribution in [3.8, 4) is 17.2 Å². The van der Waals surface area contributed by atoms with Crippen molar-refractivity contribution in [1.82, 2.24) is 29.9 Å². The smallest absolute Gasteiger partial charge is 0.486 e. The van der Waals surface area contributed by atoms with Gasteiger partial charge in [-0.2, -0.15) is 0 Å². The molecule has 1 aromatic carbocycles. The number of aromatic nitrogens is 6. The number of H-pyrrole nitrogens is 1. The number of rotatable bonds is 5. The number of fused-ring (bicyclic) bond motifs is 1. The Balaban J connectivity index is 1.67. The van der Waals surface area contributed by atoms with Gasteiger partial charge in [0.25, 0.3) is 0 Å². The van der Waals surface area contributed by atoms with Crippen molar-refractivity contribution in [2.75, 3.05) is 5.73 Å². The highest BCUT2D eigenvalue weighted by atomic mass is 19.4. The normalized spacial score (nSPS) is 11.7. The third-order valence-electron chi connectivity index (χ3n) is 4.05. The van der Waals surface area contributed by atoms with Gasteiger partial charge in [-0.15, -0.1) is 18.3 Å².